The lowest BCUT2D eigenvalue weighted by molar-refractivity contribution is 0.497. The first-order valence-corrected chi connectivity index (χ1v) is 9.32. The number of hydrogen-bond acceptors (Lipinski definition) is 7. The summed E-state index contributed by atoms with van der Waals surface area (Å²) in [6, 6.07) is 3.51. The standard InChI is InChI=1S/C16H22N6OS/c1-11(2)22-14(23)6-5-13(18-22)20-7-9-21(10-8-20)16-17-15(19-24-16)12-3-4-12/h5-6,11-12H,3-4,7-10H2,1-2H3. The molecular weight excluding hydrogens is 324 g/mol. The maximum Gasteiger partial charge on any atom is 0.267 e. The first-order chi connectivity index (χ1) is 11.6. The van der Waals surface area contributed by atoms with Gasteiger partial charge in [0, 0.05) is 49.7 Å². The van der Waals surface area contributed by atoms with Gasteiger partial charge in [-0.3, -0.25) is 4.79 Å². The van der Waals surface area contributed by atoms with Crippen LogP contribution in [0.25, 0.3) is 0 Å². The summed E-state index contributed by atoms with van der Waals surface area (Å²) in [5.41, 5.74) is -0.0474. The molecule has 0 atom stereocenters. The minimum Gasteiger partial charge on any atom is -0.352 e. The fourth-order valence-electron chi connectivity index (χ4n) is 2.94. The summed E-state index contributed by atoms with van der Waals surface area (Å²) >= 11 is 1.51. The van der Waals surface area contributed by atoms with Crippen LogP contribution in [0, 0.1) is 0 Å². The van der Waals surface area contributed by atoms with E-state index >= 15 is 0 Å². The average Bonchev–Trinajstić information content (AvgIpc) is 3.32. The van der Waals surface area contributed by atoms with Crippen LogP contribution in [0.15, 0.2) is 16.9 Å². The van der Waals surface area contributed by atoms with Crippen molar-refractivity contribution >= 4 is 22.5 Å². The van der Waals surface area contributed by atoms with E-state index in [4.69, 9.17) is 4.98 Å². The predicted octanol–water partition coefficient (Wildman–Crippen LogP) is 1.88. The monoisotopic (exact) mass is 346 g/mol. The van der Waals surface area contributed by atoms with Crippen molar-refractivity contribution in [1.82, 2.24) is 19.1 Å². The third-order valence-corrected chi connectivity index (χ3v) is 5.34. The minimum atomic E-state index is -0.0474. The minimum absolute atomic E-state index is 0.0474. The molecule has 4 rings (SSSR count). The van der Waals surface area contributed by atoms with Crippen LogP contribution >= 0.6 is 11.5 Å². The van der Waals surface area contributed by atoms with Crippen LogP contribution in [0.3, 0.4) is 0 Å². The highest BCUT2D eigenvalue weighted by atomic mass is 32.1. The Labute approximate surface area is 145 Å². The highest BCUT2D eigenvalue weighted by molar-refractivity contribution is 7.09. The largest absolute Gasteiger partial charge is 0.352 e. The van der Waals surface area contributed by atoms with Gasteiger partial charge in [0.2, 0.25) is 5.13 Å². The van der Waals surface area contributed by atoms with Gasteiger partial charge in [0.25, 0.3) is 5.56 Å². The van der Waals surface area contributed by atoms with Gasteiger partial charge in [-0.05, 0) is 32.8 Å². The Morgan fingerprint density at radius 1 is 1.12 bits per heavy atom. The second-order valence-electron chi connectivity index (χ2n) is 6.75. The lowest BCUT2D eigenvalue weighted by Gasteiger charge is -2.35. The van der Waals surface area contributed by atoms with Gasteiger partial charge in [0.05, 0.1) is 6.04 Å². The Morgan fingerprint density at radius 2 is 1.83 bits per heavy atom. The third-order valence-electron chi connectivity index (χ3n) is 4.55. The zero-order chi connectivity index (χ0) is 16.7. The fourth-order valence-corrected chi connectivity index (χ4v) is 3.74. The maximum atomic E-state index is 11.9. The van der Waals surface area contributed by atoms with Gasteiger partial charge in [-0.2, -0.15) is 9.47 Å². The van der Waals surface area contributed by atoms with Crippen LogP contribution in [0.5, 0.6) is 0 Å². The van der Waals surface area contributed by atoms with Crippen molar-refractivity contribution in [3.05, 3.63) is 28.3 Å². The van der Waals surface area contributed by atoms with Crippen LogP contribution in [0.2, 0.25) is 0 Å². The molecule has 1 saturated carbocycles. The molecule has 0 aromatic carbocycles. The molecule has 0 N–H and O–H groups in total. The molecule has 0 amide bonds. The van der Waals surface area contributed by atoms with Crippen LogP contribution in [0.1, 0.15) is 44.5 Å². The number of nitrogens with zero attached hydrogens (tertiary/aromatic N) is 6. The third kappa shape index (κ3) is 3.02. The summed E-state index contributed by atoms with van der Waals surface area (Å²) in [5.74, 6) is 2.51. The van der Waals surface area contributed by atoms with Gasteiger partial charge in [0.15, 0.2) is 0 Å². The fraction of sp³-hybridized carbons (Fsp3) is 0.625. The Morgan fingerprint density at radius 3 is 2.50 bits per heavy atom. The van der Waals surface area contributed by atoms with E-state index in [0.717, 1.165) is 43.0 Å². The lowest BCUT2D eigenvalue weighted by Crippen LogP contribution is -2.47. The first kappa shape index (κ1) is 15.6. The Kier molecular flexibility index (Phi) is 3.99. The number of aromatic nitrogens is 4. The van der Waals surface area contributed by atoms with Crippen LogP contribution in [0.4, 0.5) is 10.9 Å². The zero-order valence-corrected chi connectivity index (χ0v) is 14.9. The summed E-state index contributed by atoms with van der Waals surface area (Å²) in [6.07, 6.45) is 2.47. The van der Waals surface area contributed by atoms with Crippen molar-refractivity contribution in [3.63, 3.8) is 0 Å². The normalized spacial score (nSPS) is 18.5. The molecule has 0 radical (unpaired) electrons. The number of hydrogen-bond donors (Lipinski definition) is 0. The Hall–Kier alpha value is -1.96. The summed E-state index contributed by atoms with van der Waals surface area (Å²) in [5, 5.41) is 5.55. The predicted molar refractivity (Wildman–Crippen MR) is 95.2 cm³/mol. The van der Waals surface area contributed by atoms with Crippen molar-refractivity contribution in [2.45, 2.75) is 38.6 Å². The van der Waals surface area contributed by atoms with Crippen molar-refractivity contribution in [3.8, 4) is 0 Å². The van der Waals surface area contributed by atoms with Crippen molar-refractivity contribution in [2.75, 3.05) is 36.0 Å². The van der Waals surface area contributed by atoms with E-state index in [2.05, 4.69) is 19.3 Å². The average molecular weight is 346 g/mol. The molecule has 2 aromatic heterocycles. The van der Waals surface area contributed by atoms with E-state index in [-0.39, 0.29) is 11.6 Å². The molecular formula is C16H22N6OS. The van der Waals surface area contributed by atoms with Crippen LogP contribution in [-0.2, 0) is 0 Å². The van der Waals surface area contributed by atoms with Gasteiger partial charge in [-0.1, -0.05) is 0 Å². The van der Waals surface area contributed by atoms with E-state index in [1.807, 2.05) is 19.9 Å². The molecule has 1 aliphatic carbocycles. The van der Waals surface area contributed by atoms with E-state index < -0.39 is 0 Å². The van der Waals surface area contributed by atoms with Crippen molar-refractivity contribution in [2.24, 2.45) is 0 Å². The quantitative estimate of drug-likeness (QED) is 0.842. The molecule has 1 aliphatic heterocycles. The van der Waals surface area contributed by atoms with Crippen molar-refractivity contribution < 1.29 is 0 Å². The van der Waals surface area contributed by atoms with Gasteiger partial charge >= 0.3 is 0 Å². The smallest absolute Gasteiger partial charge is 0.267 e. The van der Waals surface area contributed by atoms with Gasteiger partial charge < -0.3 is 9.80 Å². The highest BCUT2D eigenvalue weighted by Crippen LogP contribution is 2.39. The number of rotatable bonds is 4. The second kappa shape index (κ2) is 6.16. The molecule has 128 valence electrons. The molecule has 0 unspecified atom stereocenters. The highest BCUT2D eigenvalue weighted by Gasteiger charge is 2.29. The Bertz CT molecular complexity index is 773. The van der Waals surface area contributed by atoms with Crippen LogP contribution in [-0.4, -0.2) is 45.3 Å². The summed E-state index contributed by atoms with van der Waals surface area (Å²) in [4.78, 5) is 21.1. The van der Waals surface area contributed by atoms with Crippen molar-refractivity contribution in [1.29, 1.82) is 0 Å². The van der Waals surface area contributed by atoms with Crippen LogP contribution < -0.4 is 15.4 Å². The molecule has 2 fully saturated rings. The molecule has 1 saturated heterocycles. The topological polar surface area (TPSA) is 67.2 Å². The molecule has 0 spiro atoms. The second-order valence-corrected chi connectivity index (χ2v) is 7.48. The van der Waals surface area contributed by atoms with Gasteiger partial charge in [0.1, 0.15) is 11.6 Å². The number of piperazine rings is 1. The van der Waals surface area contributed by atoms with Gasteiger partial charge in [-0.25, -0.2) is 9.67 Å². The van der Waals surface area contributed by atoms with E-state index in [0.29, 0.717) is 5.92 Å². The summed E-state index contributed by atoms with van der Waals surface area (Å²) < 4.78 is 6.05. The molecule has 7 nitrogen and oxygen atoms in total. The maximum absolute atomic E-state index is 11.9. The van der Waals surface area contributed by atoms with E-state index in [9.17, 15) is 4.79 Å². The molecule has 24 heavy (non-hydrogen) atoms. The number of anilines is 2. The SMILES string of the molecule is CC(C)n1nc(N2CCN(c3nc(C4CC4)ns3)CC2)ccc1=O. The first-order valence-electron chi connectivity index (χ1n) is 8.55. The molecule has 3 heterocycles. The summed E-state index contributed by atoms with van der Waals surface area (Å²) in [6.45, 7) is 7.51. The molecule has 2 aromatic rings. The summed E-state index contributed by atoms with van der Waals surface area (Å²) in [7, 11) is 0. The molecule has 0 bridgehead atoms. The van der Waals surface area contributed by atoms with E-state index in [1.54, 1.807) is 10.7 Å². The van der Waals surface area contributed by atoms with E-state index in [1.165, 1.54) is 24.4 Å². The Balaban J connectivity index is 1.43. The lowest BCUT2D eigenvalue weighted by atomic mass is 10.3. The molecule has 2 aliphatic rings. The van der Waals surface area contributed by atoms with Gasteiger partial charge in [-0.15, -0.1) is 0 Å². The molecule has 8 heteroatoms. The zero-order valence-electron chi connectivity index (χ0n) is 14.1.